The fourth-order valence-corrected chi connectivity index (χ4v) is 4.40. The fraction of sp³-hybridized carbons (Fsp3) is 0. The van der Waals surface area contributed by atoms with Crippen LogP contribution in [0.3, 0.4) is 0 Å². The first-order chi connectivity index (χ1) is 12.6. The van der Waals surface area contributed by atoms with Crippen LogP contribution in [0.2, 0.25) is 0 Å². The molecule has 0 radical (unpaired) electrons. The number of carbonyl (C=O) groups excluding carboxylic acids is 1. The van der Waals surface area contributed by atoms with Crippen molar-refractivity contribution in [3.63, 3.8) is 0 Å². The molecule has 0 atom stereocenters. The van der Waals surface area contributed by atoms with Crippen molar-refractivity contribution in [1.82, 2.24) is 4.98 Å². The summed E-state index contributed by atoms with van der Waals surface area (Å²) in [6, 6.07) is 15.6. The van der Waals surface area contributed by atoms with Crippen molar-refractivity contribution in [2.45, 2.75) is 0 Å². The molecule has 4 rings (SSSR count). The van der Waals surface area contributed by atoms with Crippen LogP contribution in [0.25, 0.3) is 20.8 Å². The minimum atomic E-state index is -0.558. The molecule has 4 aromatic rings. The molecule has 6 nitrogen and oxygen atoms in total. The minimum absolute atomic E-state index is 0.0288. The number of nitrogens with zero attached hydrogens (tertiary/aromatic N) is 2. The third kappa shape index (κ3) is 2.96. The Morgan fingerprint density at radius 1 is 1.08 bits per heavy atom. The van der Waals surface area contributed by atoms with E-state index in [2.05, 4.69) is 10.3 Å². The molecule has 8 heteroatoms. The molecule has 0 aliphatic heterocycles. The highest BCUT2D eigenvalue weighted by Crippen LogP contribution is 2.38. The standard InChI is InChI=1S/C18H11N3O3S2/c22-16(11-5-1-3-7-14(11)21(23)24)20-17-12(9-10-25-17)18-19-13-6-2-4-8-15(13)26-18/h1-10H,(H,20,22). The van der Waals surface area contributed by atoms with Gasteiger partial charge >= 0.3 is 0 Å². The number of hydrogen-bond acceptors (Lipinski definition) is 6. The van der Waals surface area contributed by atoms with Crippen molar-refractivity contribution in [2.75, 3.05) is 5.32 Å². The number of nitrogens with one attached hydrogen (secondary N) is 1. The van der Waals surface area contributed by atoms with Gasteiger partial charge in [-0.1, -0.05) is 24.3 Å². The fourth-order valence-electron chi connectivity index (χ4n) is 2.56. The van der Waals surface area contributed by atoms with Gasteiger partial charge in [0.25, 0.3) is 11.6 Å². The molecule has 2 aromatic heterocycles. The Hall–Kier alpha value is -3.10. The zero-order valence-electron chi connectivity index (χ0n) is 13.2. The van der Waals surface area contributed by atoms with E-state index in [-0.39, 0.29) is 11.3 Å². The number of aromatic nitrogens is 1. The molecule has 0 fully saturated rings. The summed E-state index contributed by atoms with van der Waals surface area (Å²) in [6.07, 6.45) is 0. The average Bonchev–Trinajstić information content (AvgIpc) is 3.27. The number of fused-ring (bicyclic) bond motifs is 1. The third-order valence-corrected chi connectivity index (χ3v) is 5.66. The number of anilines is 1. The molecule has 0 saturated carbocycles. The van der Waals surface area contributed by atoms with Gasteiger partial charge in [0.2, 0.25) is 0 Å². The summed E-state index contributed by atoms with van der Waals surface area (Å²) in [7, 11) is 0. The number of thiophene rings is 1. The lowest BCUT2D eigenvalue weighted by Gasteiger charge is -2.05. The number of benzene rings is 2. The minimum Gasteiger partial charge on any atom is -0.313 e. The Morgan fingerprint density at radius 3 is 2.65 bits per heavy atom. The van der Waals surface area contributed by atoms with Crippen LogP contribution >= 0.6 is 22.7 Å². The Kier molecular flexibility index (Phi) is 4.19. The average molecular weight is 381 g/mol. The van der Waals surface area contributed by atoms with Gasteiger partial charge in [-0.15, -0.1) is 22.7 Å². The molecule has 0 unspecified atom stereocenters. The zero-order chi connectivity index (χ0) is 18.1. The van der Waals surface area contributed by atoms with Gasteiger partial charge in [0, 0.05) is 11.6 Å². The van der Waals surface area contributed by atoms with E-state index in [1.807, 2.05) is 35.7 Å². The predicted molar refractivity (Wildman–Crippen MR) is 104 cm³/mol. The summed E-state index contributed by atoms with van der Waals surface area (Å²) < 4.78 is 1.06. The Morgan fingerprint density at radius 2 is 1.85 bits per heavy atom. The van der Waals surface area contributed by atoms with Crippen molar-refractivity contribution in [3.05, 3.63) is 75.7 Å². The monoisotopic (exact) mass is 381 g/mol. The molecule has 2 heterocycles. The third-order valence-electron chi connectivity index (χ3n) is 3.76. The van der Waals surface area contributed by atoms with E-state index >= 15 is 0 Å². The van der Waals surface area contributed by atoms with Gasteiger partial charge < -0.3 is 5.32 Å². The molecule has 26 heavy (non-hydrogen) atoms. The largest absolute Gasteiger partial charge is 0.313 e. The Balaban J connectivity index is 1.68. The zero-order valence-corrected chi connectivity index (χ0v) is 14.8. The van der Waals surface area contributed by atoms with Crippen LogP contribution in [0.15, 0.2) is 60.0 Å². The second-order valence-corrected chi connectivity index (χ2v) is 7.33. The lowest BCUT2D eigenvalue weighted by molar-refractivity contribution is -0.385. The van der Waals surface area contributed by atoms with Gasteiger partial charge in [-0.25, -0.2) is 4.98 Å². The number of nitro benzene ring substituents is 1. The molecule has 0 spiro atoms. The van der Waals surface area contributed by atoms with E-state index in [0.717, 1.165) is 20.8 Å². The predicted octanol–water partition coefficient (Wildman–Crippen LogP) is 5.19. The van der Waals surface area contributed by atoms with Crippen LogP contribution in [0.1, 0.15) is 10.4 Å². The molecule has 0 aliphatic carbocycles. The first-order valence-corrected chi connectivity index (χ1v) is 9.31. The first kappa shape index (κ1) is 16.4. The Bertz CT molecular complexity index is 1100. The first-order valence-electron chi connectivity index (χ1n) is 7.61. The summed E-state index contributed by atoms with van der Waals surface area (Å²) >= 11 is 2.89. The molecular weight excluding hydrogens is 370 g/mol. The second kappa shape index (κ2) is 6.66. The summed E-state index contributed by atoms with van der Waals surface area (Å²) in [5.41, 5.74) is 1.52. The van der Waals surface area contributed by atoms with Crippen molar-refractivity contribution < 1.29 is 9.72 Å². The van der Waals surface area contributed by atoms with Crippen LogP contribution in [-0.4, -0.2) is 15.8 Å². The number of nitro groups is 1. The maximum Gasteiger partial charge on any atom is 0.282 e. The van der Waals surface area contributed by atoms with Gasteiger partial charge in [-0.3, -0.25) is 14.9 Å². The highest BCUT2D eigenvalue weighted by molar-refractivity contribution is 7.22. The lowest BCUT2D eigenvalue weighted by atomic mass is 10.1. The van der Waals surface area contributed by atoms with Crippen LogP contribution in [0.4, 0.5) is 10.7 Å². The van der Waals surface area contributed by atoms with Crippen molar-refractivity contribution in [2.24, 2.45) is 0 Å². The quantitative estimate of drug-likeness (QED) is 0.390. The topological polar surface area (TPSA) is 85.1 Å². The van der Waals surface area contributed by atoms with E-state index in [4.69, 9.17) is 0 Å². The highest BCUT2D eigenvalue weighted by atomic mass is 32.1. The van der Waals surface area contributed by atoms with E-state index < -0.39 is 10.8 Å². The summed E-state index contributed by atoms with van der Waals surface area (Å²) in [4.78, 5) is 27.8. The number of para-hydroxylation sites is 2. The maximum atomic E-state index is 12.6. The molecular formula is C18H11N3O3S2. The SMILES string of the molecule is O=C(Nc1sccc1-c1nc2ccccc2s1)c1ccccc1[N+](=O)[O-]. The molecule has 1 amide bonds. The van der Waals surface area contributed by atoms with E-state index in [0.29, 0.717) is 5.00 Å². The molecule has 0 aliphatic rings. The number of thiazole rings is 1. The van der Waals surface area contributed by atoms with Gasteiger partial charge in [0.05, 0.1) is 15.1 Å². The van der Waals surface area contributed by atoms with Gasteiger partial charge in [-0.05, 0) is 29.6 Å². The van der Waals surface area contributed by atoms with Gasteiger partial charge in [0.15, 0.2) is 0 Å². The normalized spacial score (nSPS) is 10.8. The number of carbonyl (C=O) groups is 1. The smallest absolute Gasteiger partial charge is 0.282 e. The summed E-state index contributed by atoms with van der Waals surface area (Å²) in [6.45, 7) is 0. The molecule has 2 aromatic carbocycles. The van der Waals surface area contributed by atoms with E-state index in [1.165, 1.54) is 40.9 Å². The molecule has 128 valence electrons. The van der Waals surface area contributed by atoms with E-state index in [1.54, 1.807) is 6.07 Å². The van der Waals surface area contributed by atoms with E-state index in [9.17, 15) is 14.9 Å². The van der Waals surface area contributed by atoms with Gasteiger partial charge in [0.1, 0.15) is 15.6 Å². The molecule has 1 N–H and O–H groups in total. The number of rotatable bonds is 4. The van der Waals surface area contributed by atoms with Crippen molar-refractivity contribution in [3.8, 4) is 10.6 Å². The Labute approximate surface area is 155 Å². The number of amides is 1. The summed E-state index contributed by atoms with van der Waals surface area (Å²) in [5.74, 6) is -0.512. The maximum absolute atomic E-state index is 12.6. The van der Waals surface area contributed by atoms with Gasteiger partial charge in [-0.2, -0.15) is 0 Å². The van der Waals surface area contributed by atoms with Crippen LogP contribution in [0.5, 0.6) is 0 Å². The van der Waals surface area contributed by atoms with Crippen LogP contribution < -0.4 is 5.32 Å². The van der Waals surface area contributed by atoms with Crippen LogP contribution in [-0.2, 0) is 0 Å². The van der Waals surface area contributed by atoms with Crippen molar-refractivity contribution >= 4 is 49.5 Å². The lowest BCUT2D eigenvalue weighted by Crippen LogP contribution is -2.13. The van der Waals surface area contributed by atoms with Crippen molar-refractivity contribution in [1.29, 1.82) is 0 Å². The molecule has 0 bridgehead atoms. The van der Waals surface area contributed by atoms with Crippen LogP contribution in [0, 0.1) is 10.1 Å². The summed E-state index contributed by atoms with van der Waals surface area (Å²) in [5, 5.41) is 17.2. The number of hydrogen-bond donors (Lipinski definition) is 1. The second-order valence-electron chi connectivity index (χ2n) is 5.38. The molecule has 0 saturated heterocycles. The highest BCUT2D eigenvalue weighted by Gasteiger charge is 2.21.